The number of hydrogen-bond acceptors (Lipinski definition) is 3. The third-order valence-electron chi connectivity index (χ3n) is 1.65. The van der Waals surface area contributed by atoms with Crippen molar-refractivity contribution >= 4 is 17.7 Å². The summed E-state index contributed by atoms with van der Waals surface area (Å²) in [7, 11) is 0. The Morgan fingerprint density at radius 2 is 2.14 bits per heavy atom. The molecule has 0 N–H and O–H groups in total. The summed E-state index contributed by atoms with van der Waals surface area (Å²) in [6.45, 7) is 4.46. The predicted molar refractivity (Wildman–Crippen MR) is 62.6 cm³/mol. The van der Waals surface area contributed by atoms with E-state index in [1.165, 1.54) is 31.1 Å². The van der Waals surface area contributed by atoms with Crippen LogP contribution in [0, 0.1) is 0 Å². The molecule has 82 valence electrons. The number of ether oxygens (including phenoxy) is 1. The van der Waals surface area contributed by atoms with Crippen molar-refractivity contribution in [2.45, 2.75) is 33.1 Å². The van der Waals surface area contributed by atoms with Crippen LogP contribution in [0.25, 0.3) is 0 Å². The lowest BCUT2D eigenvalue weighted by atomic mass is 10.3. The van der Waals surface area contributed by atoms with Gasteiger partial charge in [0.15, 0.2) is 0 Å². The molecule has 0 aliphatic carbocycles. The van der Waals surface area contributed by atoms with E-state index >= 15 is 0 Å². The third kappa shape index (κ3) is 9.65. The van der Waals surface area contributed by atoms with Gasteiger partial charge in [-0.1, -0.05) is 25.8 Å². The van der Waals surface area contributed by atoms with Gasteiger partial charge < -0.3 is 4.74 Å². The first kappa shape index (κ1) is 13.6. The van der Waals surface area contributed by atoms with Crippen LogP contribution in [-0.4, -0.2) is 24.1 Å². The van der Waals surface area contributed by atoms with Crippen molar-refractivity contribution in [1.82, 2.24) is 0 Å². The zero-order valence-corrected chi connectivity index (χ0v) is 9.94. The molecule has 0 aromatic carbocycles. The number of carbonyl (C=O) groups excluding carboxylic acids is 1. The van der Waals surface area contributed by atoms with E-state index in [9.17, 15) is 4.79 Å². The van der Waals surface area contributed by atoms with E-state index in [1.54, 1.807) is 0 Å². The Morgan fingerprint density at radius 1 is 1.36 bits per heavy atom. The van der Waals surface area contributed by atoms with Crippen LogP contribution in [0.5, 0.6) is 0 Å². The molecule has 0 aliphatic heterocycles. The molecule has 14 heavy (non-hydrogen) atoms. The van der Waals surface area contributed by atoms with Crippen LogP contribution in [0.15, 0.2) is 12.2 Å². The number of rotatable bonds is 8. The topological polar surface area (TPSA) is 26.3 Å². The van der Waals surface area contributed by atoms with Gasteiger partial charge >= 0.3 is 5.97 Å². The lowest BCUT2D eigenvalue weighted by Crippen LogP contribution is -1.98. The Kier molecular flexibility index (Phi) is 10.3. The standard InChI is InChI=1S/C11H20O2S/c1-3-5-6-9-14-10-7-8-11(12)13-4-2/h7-8H,3-6,9-10H2,1-2H3/b8-7+. The van der Waals surface area contributed by atoms with Crippen LogP contribution in [0.2, 0.25) is 0 Å². The van der Waals surface area contributed by atoms with E-state index in [0.29, 0.717) is 6.61 Å². The molecule has 0 unspecified atom stereocenters. The van der Waals surface area contributed by atoms with Crippen molar-refractivity contribution in [3.63, 3.8) is 0 Å². The minimum absolute atomic E-state index is 0.235. The molecule has 0 fully saturated rings. The second-order valence-electron chi connectivity index (χ2n) is 2.94. The first-order valence-electron chi connectivity index (χ1n) is 5.22. The lowest BCUT2D eigenvalue weighted by molar-refractivity contribution is -0.137. The fraction of sp³-hybridized carbons (Fsp3) is 0.727. The zero-order chi connectivity index (χ0) is 10.6. The Morgan fingerprint density at radius 3 is 2.79 bits per heavy atom. The first-order valence-corrected chi connectivity index (χ1v) is 6.37. The van der Waals surface area contributed by atoms with Crippen molar-refractivity contribution in [1.29, 1.82) is 0 Å². The second-order valence-corrected chi connectivity index (χ2v) is 4.09. The molecular formula is C11H20O2S. The van der Waals surface area contributed by atoms with E-state index in [1.807, 2.05) is 24.8 Å². The molecule has 0 saturated heterocycles. The summed E-state index contributed by atoms with van der Waals surface area (Å²) in [5.74, 6) is 1.85. The van der Waals surface area contributed by atoms with Gasteiger partial charge in [0.25, 0.3) is 0 Å². The maximum atomic E-state index is 10.9. The fourth-order valence-corrected chi connectivity index (χ4v) is 1.75. The van der Waals surface area contributed by atoms with Crippen LogP contribution in [0.4, 0.5) is 0 Å². The molecular weight excluding hydrogens is 196 g/mol. The van der Waals surface area contributed by atoms with E-state index in [0.717, 1.165) is 5.75 Å². The Hall–Kier alpha value is -0.440. The molecule has 2 nitrogen and oxygen atoms in total. The summed E-state index contributed by atoms with van der Waals surface area (Å²) in [5.41, 5.74) is 0. The molecule has 0 saturated carbocycles. The molecule has 3 heteroatoms. The minimum Gasteiger partial charge on any atom is -0.463 e. The summed E-state index contributed by atoms with van der Waals surface area (Å²) < 4.78 is 4.75. The van der Waals surface area contributed by atoms with Gasteiger partial charge in [-0.2, -0.15) is 11.8 Å². The van der Waals surface area contributed by atoms with E-state index in [-0.39, 0.29) is 5.97 Å². The molecule has 0 bridgehead atoms. The Balaban J connectivity index is 3.22. The number of esters is 1. The Bertz CT molecular complexity index is 167. The Labute approximate surface area is 91.1 Å². The lowest BCUT2D eigenvalue weighted by Gasteiger charge is -1.97. The van der Waals surface area contributed by atoms with Gasteiger partial charge in [-0.05, 0) is 19.1 Å². The molecule has 0 radical (unpaired) electrons. The van der Waals surface area contributed by atoms with Gasteiger partial charge in [0, 0.05) is 11.8 Å². The van der Waals surface area contributed by atoms with Crippen LogP contribution in [0.1, 0.15) is 33.1 Å². The largest absolute Gasteiger partial charge is 0.463 e. The predicted octanol–water partition coefficient (Wildman–Crippen LogP) is 3.03. The third-order valence-corrected chi connectivity index (χ3v) is 2.65. The van der Waals surface area contributed by atoms with Crippen molar-refractivity contribution < 1.29 is 9.53 Å². The summed E-state index contributed by atoms with van der Waals surface area (Å²) in [5, 5.41) is 0. The van der Waals surface area contributed by atoms with Gasteiger partial charge in [-0.25, -0.2) is 4.79 Å². The van der Waals surface area contributed by atoms with E-state index in [2.05, 4.69) is 6.92 Å². The molecule has 0 aromatic heterocycles. The highest BCUT2D eigenvalue weighted by Gasteiger charge is 1.92. The average Bonchev–Trinajstić information content (AvgIpc) is 2.17. The van der Waals surface area contributed by atoms with Gasteiger partial charge in [0.1, 0.15) is 0 Å². The molecule has 0 rings (SSSR count). The minimum atomic E-state index is -0.235. The van der Waals surface area contributed by atoms with Crippen molar-refractivity contribution in [3.05, 3.63) is 12.2 Å². The monoisotopic (exact) mass is 216 g/mol. The summed E-state index contributed by atoms with van der Waals surface area (Å²) in [6, 6.07) is 0. The fourth-order valence-electron chi connectivity index (χ4n) is 0.940. The first-order chi connectivity index (χ1) is 6.81. The molecule has 0 aromatic rings. The zero-order valence-electron chi connectivity index (χ0n) is 9.12. The summed E-state index contributed by atoms with van der Waals surface area (Å²) in [4.78, 5) is 10.9. The average molecular weight is 216 g/mol. The second kappa shape index (κ2) is 10.6. The number of unbranched alkanes of at least 4 members (excludes halogenated alkanes) is 2. The molecule has 0 spiro atoms. The van der Waals surface area contributed by atoms with Crippen molar-refractivity contribution in [2.24, 2.45) is 0 Å². The molecule has 0 aliphatic rings. The van der Waals surface area contributed by atoms with Crippen molar-refractivity contribution in [2.75, 3.05) is 18.1 Å². The maximum absolute atomic E-state index is 10.9. The highest BCUT2D eigenvalue weighted by molar-refractivity contribution is 7.99. The number of hydrogen-bond donors (Lipinski definition) is 0. The molecule has 0 heterocycles. The van der Waals surface area contributed by atoms with E-state index < -0.39 is 0 Å². The van der Waals surface area contributed by atoms with Crippen LogP contribution < -0.4 is 0 Å². The van der Waals surface area contributed by atoms with Crippen LogP contribution in [-0.2, 0) is 9.53 Å². The highest BCUT2D eigenvalue weighted by Crippen LogP contribution is 2.05. The van der Waals surface area contributed by atoms with Crippen LogP contribution >= 0.6 is 11.8 Å². The van der Waals surface area contributed by atoms with Crippen molar-refractivity contribution in [3.8, 4) is 0 Å². The SMILES string of the molecule is CCCCCSC/C=C/C(=O)OCC. The van der Waals surface area contributed by atoms with Gasteiger partial charge in [-0.15, -0.1) is 0 Å². The van der Waals surface area contributed by atoms with Gasteiger partial charge in [0.2, 0.25) is 0 Å². The smallest absolute Gasteiger partial charge is 0.330 e. The molecule has 0 atom stereocenters. The quantitative estimate of drug-likeness (QED) is 0.354. The number of thioether (sulfide) groups is 1. The van der Waals surface area contributed by atoms with Gasteiger partial charge in [0.05, 0.1) is 6.61 Å². The summed E-state index contributed by atoms with van der Waals surface area (Å²) in [6.07, 6.45) is 7.22. The number of carbonyl (C=O) groups is 1. The molecule has 0 amide bonds. The summed E-state index contributed by atoms with van der Waals surface area (Å²) >= 11 is 1.86. The van der Waals surface area contributed by atoms with Gasteiger partial charge in [-0.3, -0.25) is 0 Å². The van der Waals surface area contributed by atoms with E-state index in [4.69, 9.17) is 4.74 Å². The maximum Gasteiger partial charge on any atom is 0.330 e. The highest BCUT2D eigenvalue weighted by atomic mass is 32.2. The van der Waals surface area contributed by atoms with Crippen LogP contribution in [0.3, 0.4) is 0 Å². The normalized spacial score (nSPS) is 10.7.